The molecule has 0 bridgehead atoms. The molecule has 98 valence electrons. The number of ether oxygens (including phenoxy) is 1. The van der Waals surface area contributed by atoms with Gasteiger partial charge in [0.25, 0.3) is 5.91 Å². The fourth-order valence-corrected chi connectivity index (χ4v) is 3.13. The van der Waals surface area contributed by atoms with E-state index in [4.69, 9.17) is 4.74 Å². The summed E-state index contributed by atoms with van der Waals surface area (Å²) in [4.78, 5) is 11.9. The molecule has 3 rings (SSSR count). The van der Waals surface area contributed by atoms with Gasteiger partial charge in [-0.15, -0.1) is 0 Å². The summed E-state index contributed by atoms with van der Waals surface area (Å²) in [5.74, 6) is -0.0646. The molecule has 0 radical (unpaired) electrons. The second-order valence-electron chi connectivity index (χ2n) is 5.42. The third kappa shape index (κ3) is 2.27. The number of aromatic amines is 1. The maximum atomic E-state index is 11.9. The molecule has 1 aliphatic heterocycles. The van der Waals surface area contributed by atoms with E-state index in [1.54, 1.807) is 12.4 Å². The predicted molar refractivity (Wildman–Crippen MR) is 66.2 cm³/mol. The molecular formula is C13H19N3O2. The SMILES string of the molecule is O=C(NC1COC2(CCCCC2)C1)c1cn[nH]c1. The zero-order valence-corrected chi connectivity index (χ0v) is 10.4. The highest BCUT2D eigenvalue weighted by molar-refractivity contribution is 5.93. The van der Waals surface area contributed by atoms with Gasteiger partial charge in [0, 0.05) is 6.20 Å². The number of hydrogen-bond donors (Lipinski definition) is 2. The molecule has 1 saturated heterocycles. The monoisotopic (exact) mass is 249 g/mol. The molecule has 1 atom stereocenters. The Morgan fingerprint density at radius 3 is 3.00 bits per heavy atom. The molecule has 1 aliphatic carbocycles. The number of carbonyl (C=O) groups is 1. The van der Waals surface area contributed by atoms with Crippen LogP contribution in [-0.2, 0) is 4.74 Å². The molecule has 1 saturated carbocycles. The Kier molecular flexibility index (Phi) is 3.07. The maximum absolute atomic E-state index is 11.9. The summed E-state index contributed by atoms with van der Waals surface area (Å²) in [7, 11) is 0. The first-order chi connectivity index (χ1) is 8.77. The lowest BCUT2D eigenvalue weighted by Crippen LogP contribution is -2.37. The van der Waals surface area contributed by atoms with E-state index in [2.05, 4.69) is 15.5 Å². The Labute approximate surface area is 106 Å². The fourth-order valence-electron chi connectivity index (χ4n) is 3.13. The molecule has 0 aromatic carbocycles. The molecule has 5 heteroatoms. The van der Waals surface area contributed by atoms with E-state index in [0.29, 0.717) is 12.2 Å². The van der Waals surface area contributed by atoms with E-state index in [1.165, 1.54) is 19.3 Å². The quantitative estimate of drug-likeness (QED) is 0.837. The van der Waals surface area contributed by atoms with Crippen molar-refractivity contribution < 1.29 is 9.53 Å². The molecule has 2 aliphatic rings. The average Bonchev–Trinajstić information content (AvgIpc) is 3.01. The molecule has 2 N–H and O–H groups in total. The summed E-state index contributed by atoms with van der Waals surface area (Å²) in [5, 5.41) is 9.46. The molecule has 1 spiro atoms. The van der Waals surface area contributed by atoms with Gasteiger partial charge >= 0.3 is 0 Å². The van der Waals surface area contributed by atoms with Crippen LogP contribution in [0, 0.1) is 0 Å². The Balaban J connectivity index is 1.57. The zero-order chi connectivity index (χ0) is 12.4. The highest BCUT2D eigenvalue weighted by atomic mass is 16.5. The van der Waals surface area contributed by atoms with Crippen LogP contribution in [0.3, 0.4) is 0 Å². The largest absolute Gasteiger partial charge is 0.373 e. The molecular weight excluding hydrogens is 230 g/mol. The van der Waals surface area contributed by atoms with Gasteiger partial charge in [-0.2, -0.15) is 5.10 Å². The van der Waals surface area contributed by atoms with Crippen LogP contribution < -0.4 is 5.32 Å². The summed E-state index contributed by atoms with van der Waals surface area (Å²) >= 11 is 0. The Morgan fingerprint density at radius 1 is 1.44 bits per heavy atom. The predicted octanol–water partition coefficient (Wildman–Crippen LogP) is 1.63. The number of H-pyrrole nitrogens is 1. The topological polar surface area (TPSA) is 67.0 Å². The van der Waals surface area contributed by atoms with Crippen LogP contribution in [-0.4, -0.2) is 34.4 Å². The van der Waals surface area contributed by atoms with E-state index in [-0.39, 0.29) is 17.6 Å². The van der Waals surface area contributed by atoms with Crippen molar-refractivity contribution in [1.82, 2.24) is 15.5 Å². The van der Waals surface area contributed by atoms with E-state index >= 15 is 0 Å². The lowest BCUT2D eigenvalue weighted by molar-refractivity contribution is -0.0246. The number of hydrogen-bond acceptors (Lipinski definition) is 3. The molecule has 1 unspecified atom stereocenters. The van der Waals surface area contributed by atoms with Crippen molar-refractivity contribution in [1.29, 1.82) is 0 Å². The lowest BCUT2D eigenvalue weighted by atomic mass is 9.82. The molecule has 2 fully saturated rings. The van der Waals surface area contributed by atoms with Gasteiger partial charge in [-0.05, 0) is 19.3 Å². The summed E-state index contributed by atoms with van der Waals surface area (Å²) in [6, 6.07) is 0.144. The Hall–Kier alpha value is -1.36. The van der Waals surface area contributed by atoms with Crippen molar-refractivity contribution in [3.63, 3.8) is 0 Å². The second-order valence-corrected chi connectivity index (χ2v) is 5.42. The molecule has 1 amide bonds. The third-order valence-corrected chi connectivity index (χ3v) is 4.07. The molecule has 1 aromatic heterocycles. The van der Waals surface area contributed by atoms with Crippen molar-refractivity contribution in [2.45, 2.75) is 50.2 Å². The van der Waals surface area contributed by atoms with Crippen LogP contribution in [0.2, 0.25) is 0 Å². The summed E-state index contributed by atoms with van der Waals surface area (Å²) in [6.45, 7) is 0.642. The highest BCUT2D eigenvalue weighted by Crippen LogP contribution is 2.39. The van der Waals surface area contributed by atoms with Gasteiger partial charge in [0.15, 0.2) is 0 Å². The van der Waals surface area contributed by atoms with Crippen LogP contribution in [0.25, 0.3) is 0 Å². The van der Waals surface area contributed by atoms with Crippen LogP contribution in [0.15, 0.2) is 12.4 Å². The van der Waals surface area contributed by atoms with Gasteiger partial charge < -0.3 is 10.1 Å². The van der Waals surface area contributed by atoms with Crippen molar-refractivity contribution in [3.8, 4) is 0 Å². The number of rotatable bonds is 2. The minimum atomic E-state index is -0.0646. The van der Waals surface area contributed by atoms with Crippen LogP contribution >= 0.6 is 0 Å². The minimum absolute atomic E-state index is 0.0482. The van der Waals surface area contributed by atoms with Crippen LogP contribution in [0.4, 0.5) is 0 Å². The van der Waals surface area contributed by atoms with Crippen molar-refractivity contribution >= 4 is 5.91 Å². The number of aromatic nitrogens is 2. The fraction of sp³-hybridized carbons (Fsp3) is 0.692. The van der Waals surface area contributed by atoms with Crippen molar-refractivity contribution in [2.75, 3.05) is 6.61 Å². The summed E-state index contributed by atoms with van der Waals surface area (Å²) < 4.78 is 5.97. The van der Waals surface area contributed by atoms with Crippen molar-refractivity contribution in [2.24, 2.45) is 0 Å². The first-order valence-electron chi connectivity index (χ1n) is 6.71. The van der Waals surface area contributed by atoms with Crippen LogP contribution in [0.5, 0.6) is 0 Å². The van der Waals surface area contributed by atoms with E-state index in [1.807, 2.05) is 0 Å². The number of amides is 1. The molecule has 5 nitrogen and oxygen atoms in total. The van der Waals surface area contributed by atoms with Gasteiger partial charge in [-0.3, -0.25) is 9.89 Å². The normalized spacial score (nSPS) is 26.3. The molecule has 2 heterocycles. The standard InChI is InChI=1S/C13H19N3O2/c17-12(10-7-14-15-8-10)16-11-6-13(18-9-11)4-2-1-3-5-13/h7-8,11H,1-6,9H2,(H,14,15)(H,16,17). The Bertz CT molecular complexity index is 410. The first kappa shape index (κ1) is 11.7. The molecule has 18 heavy (non-hydrogen) atoms. The summed E-state index contributed by atoms with van der Waals surface area (Å²) in [6.07, 6.45) is 10.2. The minimum Gasteiger partial charge on any atom is -0.373 e. The smallest absolute Gasteiger partial charge is 0.254 e. The lowest BCUT2D eigenvalue weighted by Gasteiger charge is -2.32. The van der Waals surface area contributed by atoms with E-state index in [9.17, 15) is 4.79 Å². The average molecular weight is 249 g/mol. The first-order valence-corrected chi connectivity index (χ1v) is 6.71. The number of nitrogens with zero attached hydrogens (tertiary/aromatic N) is 1. The van der Waals surface area contributed by atoms with Gasteiger partial charge in [0.1, 0.15) is 0 Å². The number of carbonyl (C=O) groups excluding carboxylic acids is 1. The molecule has 1 aromatic rings. The van der Waals surface area contributed by atoms with Crippen LogP contribution in [0.1, 0.15) is 48.9 Å². The van der Waals surface area contributed by atoms with Crippen molar-refractivity contribution in [3.05, 3.63) is 18.0 Å². The number of nitrogens with one attached hydrogen (secondary N) is 2. The third-order valence-electron chi connectivity index (χ3n) is 4.07. The zero-order valence-electron chi connectivity index (χ0n) is 10.4. The maximum Gasteiger partial charge on any atom is 0.254 e. The summed E-state index contributed by atoms with van der Waals surface area (Å²) in [5.41, 5.74) is 0.631. The van der Waals surface area contributed by atoms with Gasteiger partial charge in [0.2, 0.25) is 0 Å². The van der Waals surface area contributed by atoms with E-state index < -0.39 is 0 Å². The van der Waals surface area contributed by atoms with Gasteiger partial charge in [-0.25, -0.2) is 0 Å². The second kappa shape index (κ2) is 4.72. The van der Waals surface area contributed by atoms with Gasteiger partial charge in [0.05, 0.1) is 30.0 Å². The highest BCUT2D eigenvalue weighted by Gasteiger charge is 2.41. The Morgan fingerprint density at radius 2 is 2.28 bits per heavy atom. The van der Waals surface area contributed by atoms with Gasteiger partial charge in [-0.1, -0.05) is 19.3 Å². The van der Waals surface area contributed by atoms with E-state index in [0.717, 1.165) is 19.3 Å².